The first-order chi connectivity index (χ1) is 9.06. The van der Waals surface area contributed by atoms with Gasteiger partial charge in [-0.1, -0.05) is 33.6 Å². The molecule has 1 amide bonds. The predicted octanol–water partition coefficient (Wildman–Crippen LogP) is 2.85. The summed E-state index contributed by atoms with van der Waals surface area (Å²) in [4.78, 5) is 14.8. The molecule has 2 fully saturated rings. The smallest absolute Gasteiger partial charge is 0.241 e. The van der Waals surface area contributed by atoms with Crippen LogP contribution in [-0.2, 0) is 4.79 Å². The lowest BCUT2D eigenvalue weighted by molar-refractivity contribution is -0.131. The van der Waals surface area contributed by atoms with Crippen LogP contribution in [0.5, 0.6) is 0 Å². The predicted molar refractivity (Wildman–Crippen MR) is 82.3 cm³/mol. The number of thioether (sulfide) groups is 1. The van der Waals surface area contributed by atoms with Gasteiger partial charge in [0.05, 0.1) is 12.2 Å². The van der Waals surface area contributed by atoms with E-state index in [9.17, 15) is 4.79 Å². The summed E-state index contributed by atoms with van der Waals surface area (Å²) in [6.07, 6.45) is 8.24. The van der Waals surface area contributed by atoms with Gasteiger partial charge in [0.25, 0.3) is 0 Å². The minimum absolute atomic E-state index is 0.0409. The quantitative estimate of drug-likeness (QED) is 0.780. The van der Waals surface area contributed by atoms with Crippen molar-refractivity contribution in [1.82, 2.24) is 10.2 Å². The molecule has 3 unspecified atom stereocenters. The zero-order chi connectivity index (χ0) is 14.0. The van der Waals surface area contributed by atoms with Gasteiger partial charge in [0.1, 0.15) is 0 Å². The number of amides is 1. The third-order valence-electron chi connectivity index (χ3n) is 4.77. The number of hydrogen-bond acceptors (Lipinski definition) is 3. The zero-order valence-corrected chi connectivity index (χ0v) is 13.6. The molecular weight excluding hydrogens is 256 g/mol. The Morgan fingerprint density at radius 3 is 2.63 bits per heavy atom. The maximum atomic E-state index is 12.7. The van der Waals surface area contributed by atoms with Crippen LogP contribution in [0, 0.1) is 5.92 Å². The maximum absolute atomic E-state index is 12.7. The Labute approximate surface area is 121 Å². The Balaban J connectivity index is 2.07. The molecule has 1 saturated carbocycles. The molecule has 1 aliphatic carbocycles. The van der Waals surface area contributed by atoms with Crippen LogP contribution in [0.15, 0.2) is 0 Å². The second-order valence-electron chi connectivity index (χ2n) is 6.19. The van der Waals surface area contributed by atoms with E-state index in [0.717, 1.165) is 25.8 Å². The second kappa shape index (κ2) is 6.04. The summed E-state index contributed by atoms with van der Waals surface area (Å²) >= 11 is 1.94. The lowest BCUT2D eigenvalue weighted by atomic mass is 9.99. The summed E-state index contributed by atoms with van der Waals surface area (Å²) in [6, 6.07) is 0.0409. The molecule has 0 aromatic carbocycles. The van der Waals surface area contributed by atoms with Gasteiger partial charge in [0.2, 0.25) is 5.91 Å². The highest BCUT2D eigenvalue weighted by Gasteiger charge is 2.49. The number of nitrogens with zero attached hydrogens (tertiary/aromatic N) is 1. The molecule has 0 aromatic heterocycles. The summed E-state index contributed by atoms with van der Waals surface area (Å²) in [5.41, 5.74) is 0. The lowest BCUT2D eigenvalue weighted by Gasteiger charge is -2.27. The molecule has 1 saturated heterocycles. The monoisotopic (exact) mass is 284 g/mol. The molecule has 0 bridgehead atoms. The van der Waals surface area contributed by atoms with Crippen molar-refractivity contribution in [2.75, 3.05) is 12.8 Å². The van der Waals surface area contributed by atoms with Crippen molar-refractivity contribution < 1.29 is 4.79 Å². The highest BCUT2D eigenvalue weighted by atomic mass is 32.2. The van der Waals surface area contributed by atoms with Crippen molar-refractivity contribution in [2.24, 2.45) is 5.92 Å². The van der Waals surface area contributed by atoms with E-state index < -0.39 is 0 Å². The highest BCUT2D eigenvalue weighted by molar-refractivity contribution is 8.00. The second-order valence-corrected chi connectivity index (χ2v) is 7.46. The standard InChI is InChI=1S/C15H28N2OS/c1-5-7-12-16-13(11(3)6-2)14(18)17(12)10-15(19-4)8-9-15/h11-13,16H,5-10H2,1-4H3. The molecule has 0 radical (unpaired) electrons. The van der Waals surface area contributed by atoms with Gasteiger partial charge in [0, 0.05) is 11.3 Å². The van der Waals surface area contributed by atoms with Gasteiger partial charge >= 0.3 is 0 Å². The van der Waals surface area contributed by atoms with Crippen LogP contribution in [0.2, 0.25) is 0 Å². The molecule has 1 N–H and O–H groups in total. The molecule has 19 heavy (non-hydrogen) atoms. The third kappa shape index (κ3) is 3.10. The molecule has 0 aromatic rings. The molecule has 110 valence electrons. The number of nitrogens with one attached hydrogen (secondary N) is 1. The molecule has 3 nitrogen and oxygen atoms in total. The first-order valence-electron chi connectivity index (χ1n) is 7.68. The molecular formula is C15H28N2OS. The van der Waals surface area contributed by atoms with E-state index in [2.05, 4.69) is 37.2 Å². The van der Waals surface area contributed by atoms with Crippen LogP contribution in [-0.4, -0.2) is 40.6 Å². The largest absolute Gasteiger partial charge is 0.324 e. The molecule has 3 atom stereocenters. The van der Waals surface area contributed by atoms with Crippen LogP contribution in [0.25, 0.3) is 0 Å². The van der Waals surface area contributed by atoms with Crippen molar-refractivity contribution in [3.8, 4) is 0 Å². The first kappa shape index (κ1) is 15.2. The number of carbonyl (C=O) groups excluding carboxylic acids is 1. The Bertz CT molecular complexity index is 330. The number of hydrogen-bond donors (Lipinski definition) is 1. The van der Waals surface area contributed by atoms with Gasteiger partial charge in [-0.25, -0.2) is 0 Å². The summed E-state index contributed by atoms with van der Waals surface area (Å²) in [5.74, 6) is 0.773. The third-order valence-corrected chi connectivity index (χ3v) is 6.17. The van der Waals surface area contributed by atoms with Crippen molar-refractivity contribution in [2.45, 2.75) is 69.8 Å². The first-order valence-corrected chi connectivity index (χ1v) is 8.91. The van der Waals surface area contributed by atoms with Crippen molar-refractivity contribution in [3.05, 3.63) is 0 Å². The van der Waals surface area contributed by atoms with Crippen LogP contribution >= 0.6 is 11.8 Å². The normalized spacial score (nSPS) is 30.7. The SMILES string of the molecule is CCCC1NC(C(C)CC)C(=O)N1CC1(SC)CC1. The van der Waals surface area contributed by atoms with Gasteiger partial charge in [-0.2, -0.15) is 11.8 Å². The minimum atomic E-state index is 0.0409. The Morgan fingerprint density at radius 1 is 1.47 bits per heavy atom. The summed E-state index contributed by atoms with van der Waals surface area (Å²) < 4.78 is 0.369. The van der Waals surface area contributed by atoms with E-state index in [1.807, 2.05) is 11.8 Å². The van der Waals surface area contributed by atoms with Crippen LogP contribution in [0.3, 0.4) is 0 Å². The van der Waals surface area contributed by atoms with Crippen LogP contribution in [0.4, 0.5) is 0 Å². The van der Waals surface area contributed by atoms with E-state index in [1.54, 1.807) is 0 Å². The fourth-order valence-electron chi connectivity index (χ4n) is 2.92. The molecule has 0 spiro atoms. The Hall–Kier alpha value is -0.220. The fraction of sp³-hybridized carbons (Fsp3) is 0.933. The Morgan fingerprint density at radius 2 is 2.16 bits per heavy atom. The average Bonchev–Trinajstić information content (AvgIpc) is 3.13. The molecule has 2 aliphatic rings. The number of carbonyl (C=O) groups is 1. The zero-order valence-electron chi connectivity index (χ0n) is 12.7. The van der Waals surface area contributed by atoms with E-state index in [-0.39, 0.29) is 12.2 Å². The van der Waals surface area contributed by atoms with Gasteiger partial charge < -0.3 is 4.90 Å². The van der Waals surface area contributed by atoms with Gasteiger partial charge in [0.15, 0.2) is 0 Å². The van der Waals surface area contributed by atoms with Crippen molar-refractivity contribution in [3.63, 3.8) is 0 Å². The van der Waals surface area contributed by atoms with E-state index in [0.29, 0.717) is 16.6 Å². The van der Waals surface area contributed by atoms with E-state index >= 15 is 0 Å². The molecule has 1 aliphatic heterocycles. The highest BCUT2D eigenvalue weighted by Crippen LogP contribution is 2.48. The van der Waals surface area contributed by atoms with Crippen LogP contribution < -0.4 is 5.32 Å². The average molecular weight is 284 g/mol. The lowest BCUT2D eigenvalue weighted by Crippen LogP contribution is -2.41. The molecule has 1 heterocycles. The summed E-state index contributed by atoms with van der Waals surface area (Å²) in [7, 11) is 0. The van der Waals surface area contributed by atoms with E-state index in [4.69, 9.17) is 0 Å². The minimum Gasteiger partial charge on any atom is -0.324 e. The molecule has 4 heteroatoms. The van der Waals surface area contributed by atoms with E-state index in [1.165, 1.54) is 12.8 Å². The topological polar surface area (TPSA) is 32.3 Å². The van der Waals surface area contributed by atoms with Gasteiger partial charge in [-0.3, -0.25) is 10.1 Å². The van der Waals surface area contributed by atoms with Crippen LogP contribution in [0.1, 0.15) is 52.9 Å². The number of rotatable bonds is 7. The molecule has 2 rings (SSSR count). The summed E-state index contributed by atoms with van der Waals surface area (Å²) in [5, 5.41) is 3.58. The summed E-state index contributed by atoms with van der Waals surface area (Å²) in [6.45, 7) is 7.49. The van der Waals surface area contributed by atoms with Crippen molar-refractivity contribution >= 4 is 17.7 Å². The van der Waals surface area contributed by atoms with Gasteiger partial charge in [-0.05, 0) is 31.4 Å². The van der Waals surface area contributed by atoms with Gasteiger partial charge in [-0.15, -0.1) is 0 Å². The Kier molecular flexibility index (Phi) is 4.83. The van der Waals surface area contributed by atoms with Crippen molar-refractivity contribution in [1.29, 1.82) is 0 Å². The fourth-order valence-corrected chi connectivity index (χ4v) is 3.70. The maximum Gasteiger partial charge on any atom is 0.241 e.